The molecular formula is C20H22F2N2O3. The highest BCUT2D eigenvalue weighted by molar-refractivity contribution is 5.25. The molecule has 1 aliphatic heterocycles. The van der Waals surface area contributed by atoms with E-state index < -0.39 is 17.9 Å². The first-order chi connectivity index (χ1) is 13.0. The number of benzene rings is 1. The van der Waals surface area contributed by atoms with Crippen LogP contribution in [-0.4, -0.2) is 45.5 Å². The maximum absolute atomic E-state index is 13.8. The molecule has 5 nitrogen and oxygen atoms in total. The van der Waals surface area contributed by atoms with Crippen LogP contribution in [0.5, 0.6) is 11.5 Å². The summed E-state index contributed by atoms with van der Waals surface area (Å²) in [5, 5.41) is 19.8. The van der Waals surface area contributed by atoms with E-state index >= 15 is 0 Å². The zero-order valence-corrected chi connectivity index (χ0v) is 14.8. The highest BCUT2D eigenvalue weighted by Gasteiger charge is 2.43. The van der Waals surface area contributed by atoms with Gasteiger partial charge < -0.3 is 14.9 Å². The molecule has 4 atom stereocenters. The van der Waals surface area contributed by atoms with Crippen molar-refractivity contribution in [3.8, 4) is 11.5 Å². The zero-order valence-electron chi connectivity index (χ0n) is 14.8. The Morgan fingerprint density at radius 1 is 1.15 bits per heavy atom. The Hall–Kier alpha value is -2.25. The van der Waals surface area contributed by atoms with Crippen molar-refractivity contribution in [3.63, 3.8) is 0 Å². The molecule has 2 aliphatic rings. The summed E-state index contributed by atoms with van der Waals surface area (Å²) in [4.78, 5) is 6.16. The summed E-state index contributed by atoms with van der Waals surface area (Å²) in [5.74, 6) is -0.312. The second kappa shape index (κ2) is 7.40. The maximum Gasteiger partial charge on any atom is 0.167 e. The van der Waals surface area contributed by atoms with Gasteiger partial charge in [0.15, 0.2) is 11.6 Å². The van der Waals surface area contributed by atoms with Crippen LogP contribution in [0.15, 0.2) is 36.5 Å². The number of halogens is 2. The van der Waals surface area contributed by atoms with Crippen LogP contribution >= 0.6 is 0 Å². The van der Waals surface area contributed by atoms with Gasteiger partial charge in [0, 0.05) is 31.3 Å². The Balaban J connectivity index is 1.30. The summed E-state index contributed by atoms with van der Waals surface area (Å²) in [6.07, 6.45) is 2.65. The Morgan fingerprint density at radius 3 is 2.52 bits per heavy atom. The molecule has 144 valence electrons. The lowest BCUT2D eigenvalue weighted by atomic mass is 10.0. The Morgan fingerprint density at radius 2 is 1.89 bits per heavy atom. The number of nitrogens with zero attached hydrogens (tertiary/aromatic N) is 2. The first-order valence-electron chi connectivity index (χ1n) is 9.15. The molecule has 1 aromatic carbocycles. The molecule has 1 saturated heterocycles. The fraction of sp³-hybridized carbons (Fsp3) is 0.450. The molecule has 0 spiro atoms. The molecule has 1 aromatic heterocycles. The number of pyridine rings is 1. The van der Waals surface area contributed by atoms with Crippen molar-refractivity contribution in [2.45, 2.75) is 31.6 Å². The second-order valence-electron chi connectivity index (χ2n) is 7.45. The van der Waals surface area contributed by atoms with Gasteiger partial charge in [0.2, 0.25) is 0 Å². The van der Waals surface area contributed by atoms with E-state index in [1.165, 1.54) is 18.3 Å². The molecule has 1 saturated carbocycles. The molecule has 0 amide bonds. The van der Waals surface area contributed by atoms with E-state index in [1.54, 1.807) is 12.1 Å². The molecule has 2 heterocycles. The smallest absolute Gasteiger partial charge is 0.167 e. The van der Waals surface area contributed by atoms with E-state index in [0.717, 1.165) is 37.7 Å². The third-order valence-electron chi connectivity index (χ3n) is 5.55. The fourth-order valence-electron chi connectivity index (χ4n) is 4.22. The molecule has 0 bridgehead atoms. The van der Waals surface area contributed by atoms with Crippen LogP contribution in [0.1, 0.15) is 18.5 Å². The number of fused-ring (bicyclic) bond motifs is 1. The molecule has 7 heteroatoms. The van der Waals surface area contributed by atoms with Crippen molar-refractivity contribution in [2.75, 3.05) is 13.1 Å². The zero-order chi connectivity index (χ0) is 19.0. The predicted molar refractivity (Wildman–Crippen MR) is 94.2 cm³/mol. The minimum Gasteiger partial charge on any atom is -0.506 e. The first kappa shape index (κ1) is 18.1. The van der Waals surface area contributed by atoms with Crippen LogP contribution in [0.3, 0.4) is 0 Å². The van der Waals surface area contributed by atoms with E-state index in [9.17, 15) is 19.0 Å². The first-order valence-corrected chi connectivity index (χ1v) is 9.15. The lowest BCUT2D eigenvalue weighted by molar-refractivity contribution is 0.0122. The van der Waals surface area contributed by atoms with Crippen LogP contribution in [-0.2, 0) is 6.42 Å². The topological polar surface area (TPSA) is 65.8 Å². The number of aliphatic hydroxyl groups excluding tert-OH is 1. The van der Waals surface area contributed by atoms with Gasteiger partial charge >= 0.3 is 0 Å². The number of ether oxygens (including phenoxy) is 1. The number of aromatic nitrogens is 1. The Bertz CT molecular complexity index is 788. The highest BCUT2D eigenvalue weighted by Crippen LogP contribution is 2.40. The van der Waals surface area contributed by atoms with E-state index in [0.29, 0.717) is 18.3 Å². The van der Waals surface area contributed by atoms with Gasteiger partial charge in [0.1, 0.15) is 17.8 Å². The summed E-state index contributed by atoms with van der Waals surface area (Å²) in [6, 6.07) is 6.63. The number of aromatic hydroxyl groups is 1. The highest BCUT2D eigenvalue weighted by atomic mass is 19.1. The fourth-order valence-corrected chi connectivity index (χ4v) is 4.22. The van der Waals surface area contributed by atoms with Crippen LogP contribution in [0, 0.1) is 23.5 Å². The monoisotopic (exact) mass is 376 g/mol. The van der Waals surface area contributed by atoms with Crippen molar-refractivity contribution in [2.24, 2.45) is 11.8 Å². The quantitative estimate of drug-likeness (QED) is 0.840. The van der Waals surface area contributed by atoms with Crippen molar-refractivity contribution in [3.05, 3.63) is 53.9 Å². The van der Waals surface area contributed by atoms with Gasteiger partial charge in [-0.2, -0.15) is 0 Å². The standard InChI is InChI=1S/C20H22F2N2O3/c21-14-1-4-19(18(22)7-14)27-17-5-12-10-24(11-13(12)6-17)20(26)8-15-2-3-16(25)9-23-15/h1-4,7,9,12-13,17,20,25-26H,5-6,8,10-11H2/t12-,13+,17?,20?. The van der Waals surface area contributed by atoms with Crippen molar-refractivity contribution < 1.29 is 23.7 Å². The minimum absolute atomic E-state index is 0.0852. The average Bonchev–Trinajstić information content (AvgIpc) is 3.18. The summed E-state index contributed by atoms with van der Waals surface area (Å²) in [7, 11) is 0. The molecule has 0 radical (unpaired) electrons. The van der Waals surface area contributed by atoms with Crippen LogP contribution in [0.2, 0.25) is 0 Å². The van der Waals surface area contributed by atoms with Crippen LogP contribution < -0.4 is 4.74 Å². The minimum atomic E-state index is -0.675. The average molecular weight is 376 g/mol. The number of hydrogen-bond acceptors (Lipinski definition) is 5. The van der Waals surface area contributed by atoms with E-state index in [4.69, 9.17) is 4.74 Å². The van der Waals surface area contributed by atoms with E-state index in [1.807, 2.05) is 4.90 Å². The predicted octanol–water partition coefficient (Wildman–Crippen LogP) is 2.72. The van der Waals surface area contributed by atoms with Gasteiger partial charge in [-0.05, 0) is 48.9 Å². The van der Waals surface area contributed by atoms with Gasteiger partial charge in [0.25, 0.3) is 0 Å². The third-order valence-corrected chi connectivity index (χ3v) is 5.55. The summed E-state index contributed by atoms with van der Waals surface area (Å²) < 4.78 is 32.5. The van der Waals surface area contributed by atoms with Crippen molar-refractivity contribution >= 4 is 0 Å². The van der Waals surface area contributed by atoms with Crippen molar-refractivity contribution in [1.82, 2.24) is 9.88 Å². The summed E-state index contributed by atoms with van der Waals surface area (Å²) in [5.41, 5.74) is 0.727. The molecular weight excluding hydrogens is 354 g/mol. The number of likely N-dealkylation sites (tertiary alicyclic amines) is 1. The lowest BCUT2D eigenvalue weighted by Gasteiger charge is -2.24. The van der Waals surface area contributed by atoms with Gasteiger partial charge in [-0.3, -0.25) is 9.88 Å². The number of hydrogen-bond donors (Lipinski definition) is 2. The van der Waals surface area contributed by atoms with Crippen LogP contribution in [0.4, 0.5) is 8.78 Å². The summed E-state index contributed by atoms with van der Waals surface area (Å²) in [6.45, 7) is 1.52. The van der Waals surface area contributed by atoms with Crippen molar-refractivity contribution in [1.29, 1.82) is 0 Å². The normalized spacial score (nSPS) is 26.1. The van der Waals surface area contributed by atoms with E-state index in [2.05, 4.69) is 4.98 Å². The Kier molecular flexibility index (Phi) is 4.97. The second-order valence-corrected chi connectivity index (χ2v) is 7.45. The van der Waals surface area contributed by atoms with Gasteiger partial charge in [-0.15, -0.1) is 0 Å². The number of rotatable bonds is 5. The maximum atomic E-state index is 13.8. The molecule has 2 unspecified atom stereocenters. The van der Waals surface area contributed by atoms with Gasteiger partial charge in [-0.1, -0.05) is 0 Å². The SMILES string of the molecule is Oc1ccc(CC(O)N2C[C@H]3CC(Oc4ccc(F)cc4F)C[C@H]3C2)nc1. The van der Waals surface area contributed by atoms with Gasteiger partial charge in [-0.25, -0.2) is 8.78 Å². The largest absolute Gasteiger partial charge is 0.506 e. The molecule has 2 fully saturated rings. The van der Waals surface area contributed by atoms with Crippen LogP contribution in [0.25, 0.3) is 0 Å². The molecule has 1 aliphatic carbocycles. The lowest BCUT2D eigenvalue weighted by Crippen LogP contribution is -2.36. The molecule has 4 rings (SSSR count). The summed E-state index contributed by atoms with van der Waals surface area (Å²) >= 11 is 0. The molecule has 2 aromatic rings. The number of aliphatic hydroxyl groups is 1. The third kappa shape index (κ3) is 4.04. The molecule has 27 heavy (non-hydrogen) atoms. The van der Waals surface area contributed by atoms with Gasteiger partial charge in [0.05, 0.1) is 12.3 Å². The Labute approximate surface area is 156 Å². The molecule has 2 N–H and O–H groups in total. The van der Waals surface area contributed by atoms with E-state index in [-0.39, 0.29) is 17.6 Å².